The van der Waals surface area contributed by atoms with Crippen LogP contribution in [-0.2, 0) is 17.6 Å². The van der Waals surface area contributed by atoms with E-state index < -0.39 is 0 Å². The lowest BCUT2D eigenvalue weighted by molar-refractivity contribution is -0.120. The molecule has 0 spiro atoms. The van der Waals surface area contributed by atoms with Crippen molar-refractivity contribution in [3.63, 3.8) is 0 Å². The standard InChI is InChI=1S/C15H23NO2/c1-4-11(5-2)14(17)16-15-13-8-10(3)6-7-12(13)9-18-15/h9-11H,4-8H2,1-3H3,(H,16,17). The number of aryl methyl sites for hydroxylation is 1. The zero-order valence-electron chi connectivity index (χ0n) is 11.6. The molecule has 0 aliphatic heterocycles. The maximum atomic E-state index is 12.1. The minimum absolute atomic E-state index is 0.0896. The number of anilines is 1. The lowest BCUT2D eigenvalue weighted by Gasteiger charge is -2.19. The van der Waals surface area contributed by atoms with E-state index >= 15 is 0 Å². The smallest absolute Gasteiger partial charge is 0.229 e. The van der Waals surface area contributed by atoms with Gasteiger partial charge < -0.3 is 4.42 Å². The van der Waals surface area contributed by atoms with Crippen LogP contribution in [0.15, 0.2) is 10.7 Å². The van der Waals surface area contributed by atoms with Crippen molar-refractivity contribution < 1.29 is 9.21 Å². The number of furan rings is 1. The van der Waals surface area contributed by atoms with Gasteiger partial charge in [0, 0.05) is 11.5 Å². The summed E-state index contributed by atoms with van der Waals surface area (Å²) in [5, 5.41) is 2.97. The van der Waals surface area contributed by atoms with Crippen molar-refractivity contribution >= 4 is 11.8 Å². The number of hydrogen-bond acceptors (Lipinski definition) is 2. The van der Waals surface area contributed by atoms with E-state index in [0.717, 1.165) is 25.7 Å². The summed E-state index contributed by atoms with van der Waals surface area (Å²) in [6.07, 6.45) is 6.87. The van der Waals surface area contributed by atoms with Gasteiger partial charge in [-0.15, -0.1) is 0 Å². The van der Waals surface area contributed by atoms with Crippen molar-refractivity contribution in [3.05, 3.63) is 17.4 Å². The average Bonchev–Trinajstić information content (AvgIpc) is 2.73. The highest BCUT2D eigenvalue weighted by Crippen LogP contribution is 2.32. The molecule has 0 radical (unpaired) electrons. The summed E-state index contributed by atoms with van der Waals surface area (Å²) in [4.78, 5) is 12.1. The molecule has 0 bridgehead atoms. The van der Waals surface area contributed by atoms with E-state index in [-0.39, 0.29) is 11.8 Å². The van der Waals surface area contributed by atoms with Crippen LogP contribution in [0.4, 0.5) is 5.88 Å². The molecule has 1 unspecified atom stereocenters. The molecule has 100 valence electrons. The molecule has 1 aliphatic carbocycles. The van der Waals surface area contributed by atoms with Gasteiger partial charge in [-0.3, -0.25) is 10.1 Å². The van der Waals surface area contributed by atoms with Crippen molar-refractivity contribution in [3.8, 4) is 0 Å². The summed E-state index contributed by atoms with van der Waals surface area (Å²) in [6, 6.07) is 0. The summed E-state index contributed by atoms with van der Waals surface area (Å²) < 4.78 is 5.54. The highest BCUT2D eigenvalue weighted by molar-refractivity contribution is 5.92. The van der Waals surface area contributed by atoms with Gasteiger partial charge in [-0.25, -0.2) is 0 Å². The van der Waals surface area contributed by atoms with Crippen molar-refractivity contribution in [2.75, 3.05) is 5.32 Å². The topological polar surface area (TPSA) is 42.2 Å². The predicted molar refractivity (Wildman–Crippen MR) is 72.6 cm³/mol. The van der Waals surface area contributed by atoms with Gasteiger partial charge in [-0.05, 0) is 43.6 Å². The van der Waals surface area contributed by atoms with E-state index in [0.29, 0.717) is 11.8 Å². The van der Waals surface area contributed by atoms with Gasteiger partial charge in [-0.2, -0.15) is 0 Å². The van der Waals surface area contributed by atoms with E-state index in [4.69, 9.17) is 4.42 Å². The minimum atomic E-state index is 0.0896. The Bertz CT molecular complexity index is 418. The van der Waals surface area contributed by atoms with Crippen LogP contribution in [-0.4, -0.2) is 5.91 Å². The monoisotopic (exact) mass is 249 g/mol. The molecule has 1 aromatic heterocycles. The Hall–Kier alpha value is -1.25. The molecule has 0 saturated carbocycles. The molecular formula is C15H23NO2. The van der Waals surface area contributed by atoms with Crippen molar-refractivity contribution in [2.45, 2.75) is 52.9 Å². The molecule has 0 aromatic carbocycles. The average molecular weight is 249 g/mol. The number of fused-ring (bicyclic) bond motifs is 1. The Kier molecular flexibility index (Phi) is 4.10. The first-order valence-electron chi connectivity index (χ1n) is 7.05. The summed E-state index contributed by atoms with van der Waals surface area (Å²) >= 11 is 0. The molecule has 1 N–H and O–H groups in total. The first-order chi connectivity index (χ1) is 8.65. The highest BCUT2D eigenvalue weighted by atomic mass is 16.3. The van der Waals surface area contributed by atoms with Crippen LogP contribution in [0.2, 0.25) is 0 Å². The maximum absolute atomic E-state index is 12.1. The van der Waals surface area contributed by atoms with E-state index in [1.807, 2.05) is 20.1 Å². The molecule has 1 amide bonds. The van der Waals surface area contributed by atoms with Gasteiger partial charge in [-0.1, -0.05) is 20.8 Å². The fraction of sp³-hybridized carbons (Fsp3) is 0.667. The zero-order valence-corrected chi connectivity index (χ0v) is 11.6. The normalized spacial score (nSPS) is 18.8. The fourth-order valence-corrected chi connectivity index (χ4v) is 2.68. The van der Waals surface area contributed by atoms with Gasteiger partial charge >= 0.3 is 0 Å². The van der Waals surface area contributed by atoms with E-state index in [1.165, 1.54) is 17.5 Å². The van der Waals surface area contributed by atoms with Gasteiger partial charge in [0.2, 0.25) is 11.8 Å². The number of carbonyl (C=O) groups is 1. The SMILES string of the molecule is CCC(CC)C(=O)Nc1occ2c1CC(C)CC2. The molecular weight excluding hydrogens is 226 g/mol. The molecule has 1 aromatic rings. The molecule has 1 atom stereocenters. The summed E-state index contributed by atoms with van der Waals surface area (Å²) in [6.45, 7) is 6.35. The summed E-state index contributed by atoms with van der Waals surface area (Å²) in [5.74, 6) is 1.55. The molecule has 1 heterocycles. The number of amides is 1. The van der Waals surface area contributed by atoms with Gasteiger partial charge in [0.1, 0.15) is 0 Å². The zero-order chi connectivity index (χ0) is 13.1. The van der Waals surface area contributed by atoms with Gasteiger partial charge in [0.15, 0.2) is 0 Å². The fourth-order valence-electron chi connectivity index (χ4n) is 2.68. The largest absolute Gasteiger partial charge is 0.448 e. The number of nitrogens with one attached hydrogen (secondary N) is 1. The van der Waals surface area contributed by atoms with E-state index in [1.54, 1.807) is 0 Å². The van der Waals surface area contributed by atoms with Crippen molar-refractivity contribution in [2.24, 2.45) is 11.8 Å². The van der Waals surface area contributed by atoms with Crippen LogP contribution in [0.5, 0.6) is 0 Å². The van der Waals surface area contributed by atoms with E-state index in [9.17, 15) is 4.79 Å². The van der Waals surface area contributed by atoms with Crippen LogP contribution >= 0.6 is 0 Å². The van der Waals surface area contributed by atoms with Crippen molar-refractivity contribution in [1.82, 2.24) is 0 Å². The molecule has 0 fully saturated rings. The van der Waals surface area contributed by atoms with Crippen LogP contribution in [0, 0.1) is 11.8 Å². The third-order valence-corrected chi connectivity index (χ3v) is 4.03. The Morgan fingerprint density at radius 2 is 2.22 bits per heavy atom. The Balaban J connectivity index is 2.11. The molecule has 3 heteroatoms. The van der Waals surface area contributed by atoms with Crippen LogP contribution in [0.25, 0.3) is 0 Å². The van der Waals surface area contributed by atoms with Crippen LogP contribution in [0.3, 0.4) is 0 Å². The lowest BCUT2D eigenvalue weighted by atomic mass is 9.87. The third kappa shape index (κ3) is 2.60. The Morgan fingerprint density at radius 3 is 2.89 bits per heavy atom. The predicted octanol–water partition coefficient (Wildman–Crippen LogP) is 3.78. The number of hydrogen-bond donors (Lipinski definition) is 1. The maximum Gasteiger partial charge on any atom is 0.229 e. The lowest BCUT2D eigenvalue weighted by Crippen LogP contribution is -2.22. The number of carbonyl (C=O) groups excluding carboxylic acids is 1. The molecule has 2 rings (SSSR count). The molecule has 1 aliphatic rings. The Labute approximate surface area is 109 Å². The third-order valence-electron chi connectivity index (χ3n) is 4.03. The van der Waals surface area contributed by atoms with E-state index in [2.05, 4.69) is 12.2 Å². The molecule has 18 heavy (non-hydrogen) atoms. The second-order valence-corrected chi connectivity index (χ2v) is 5.42. The van der Waals surface area contributed by atoms with Crippen molar-refractivity contribution in [1.29, 1.82) is 0 Å². The second-order valence-electron chi connectivity index (χ2n) is 5.42. The molecule has 3 nitrogen and oxygen atoms in total. The first-order valence-corrected chi connectivity index (χ1v) is 7.05. The summed E-state index contributed by atoms with van der Waals surface area (Å²) in [5.41, 5.74) is 2.49. The van der Waals surface area contributed by atoms with Gasteiger partial charge in [0.05, 0.1) is 6.26 Å². The number of rotatable bonds is 4. The van der Waals surface area contributed by atoms with Crippen LogP contribution in [0.1, 0.15) is 51.2 Å². The quantitative estimate of drug-likeness (QED) is 0.882. The summed E-state index contributed by atoms with van der Waals surface area (Å²) in [7, 11) is 0. The molecule has 0 saturated heterocycles. The minimum Gasteiger partial charge on any atom is -0.448 e. The highest BCUT2D eigenvalue weighted by Gasteiger charge is 2.24. The van der Waals surface area contributed by atoms with Gasteiger partial charge in [0.25, 0.3) is 0 Å². The second kappa shape index (κ2) is 5.59. The first kappa shape index (κ1) is 13.2. The van der Waals surface area contributed by atoms with Crippen LogP contribution < -0.4 is 5.32 Å². The Morgan fingerprint density at radius 1 is 1.50 bits per heavy atom.